The van der Waals surface area contributed by atoms with E-state index in [2.05, 4.69) is 0 Å². The number of hydrogen-bond acceptors (Lipinski definition) is 4. The molecule has 4 rings (SSSR count). The van der Waals surface area contributed by atoms with Crippen LogP contribution in [0.25, 0.3) is 6.08 Å². The van der Waals surface area contributed by atoms with Crippen molar-refractivity contribution < 1.29 is 14.4 Å². The van der Waals surface area contributed by atoms with E-state index in [-0.39, 0.29) is 0 Å². The number of rotatable bonds is 7. The summed E-state index contributed by atoms with van der Waals surface area (Å²) in [5.74, 6) is 0. The highest BCUT2D eigenvalue weighted by Crippen LogP contribution is 2.35. The van der Waals surface area contributed by atoms with Gasteiger partial charge < -0.3 is 9.53 Å². The van der Waals surface area contributed by atoms with Crippen molar-refractivity contribution in [1.29, 1.82) is 0 Å². The predicted octanol–water partition coefficient (Wildman–Crippen LogP) is 4.80. The van der Waals surface area contributed by atoms with Gasteiger partial charge in [-0.1, -0.05) is 97.1 Å². The van der Waals surface area contributed by atoms with Crippen LogP contribution in [0.5, 0.6) is 0 Å². The Morgan fingerprint density at radius 3 is 2.14 bits per heavy atom. The van der Waals surface area contributed by atoms with Gasteiger partial charge in [0.2, 0.25) is 0 Å². The van der Waals surface area contributed by atoms with Gasteiger partial charge in [-0.25, -0.2) is 0 Å². The van der Waals surface area contributed by atoms with Gasteiger partial charge in [0.25, 0.3) is 0 Å². The second-order valence-corrected chi connectivity index (χ2v) is 6.87. The molecule has 0 radical (unpaired) electrons. The summed E-state index contributed by atoms with van der Waals surface area (Å²) in [6, 6.07) is 29.1. The van der Waals surface area contributed by atoms with Crippen molar-refractivity contribution in [3.05, 3.63) is 114 Å². The molecule has 3 unspecified atom stereocenters. The summed E-state index contributed by atoms with van der Waals surface area (Å²) in [6.45, 7) is 0.367. The number of hydrogen-bond donors (Lipinski definition) is 0. The molecule has 0 saturated carbocycles. The topological polar surface area (TPSA) is 38.8 Å². The number of carbonyl (C=O) groups is 1. The minimum atomic E-state index is -0.536. The smallest absolute Gasteiger partial charge is 0.154 e. The third-order valence-corrected chi connectivity index (χ3v) is 4.88. The largest absolute Gasteiger partial charge is 0.347 e. The highest BCUT2D eigenvalue weighted by atomic mass is 16.7. The molecule has 3 aromatic carbocycles. The Kier molecular flexibility index (Phi) is 6.27. The van der Waals surface area contributed by atoms with Crippen molar-refractivity contribution in [3.8, 4) is 0 Å². The lowest BCUT2D eigenvalue weighted by atomic mass is 10.0. The lowest BCUT2D eigenvalue weighted by Gasteiger charge is -2.23. The van der Waals surface area contributed by atoms with Gasteiger partial charge in [0.15, 0.2) is 6.23 Å². The molecule has 1 aliphatic rings. The normalized spacial score (nSPS) is 22.1. The van der Waals surface area contributed by atoms with E-state index in [0.717, 1.165) is 23.0 Å². The molecular weight excluding hydrogens is 362 g/mol. The van der Waals surface area contributed by atoms with Crippen LogP contribution in [0.3, 0.4) is 0 Å². The molecule has 0 amide bonds. The fourth-order valence-electron chi connectivity index (χ4n) is 3.41. The maximum Gasteiger partial charge on any atom is 0.154 e. The van der Waals surface area contributed by atoms with Crippen LogP contribution in [-0.2, 0) is 21.0 Å². The monoisotopic (exact) mass is 385 g/mol. The molecule has 1 heterocycles. The van der Waals surface area contributed by atoms with Crippen LogP contribution in [0, 0.1) is 0 Å². The zero-order valence-corrected chi connectivity index (χ0v) is 16.0. The first kappa shape index (κ1) is 19.3. The molecular formula is C25H23NO3. The standard InChI is InChI=1S/C25H23NO3/c27-18-23-25(22-14-8-3-9-15-22)29-24(17-16-20-10-4-1-5-11-20)26(23)28-19-21-12-6-2-7-13-21/h1-18,23-25H,19H2. The summed E-state index contributed by atoms with van der Waals surface area (Å²) in [7, 11) is 0. The van der Waals surface area contributed by atoms with Crippen LogP contribution in [0.2, 0.25) is 0 Å². The minimum absolute atomic E-state index is 0.367. The fraction of sp³-hybridized carbons (Fsp3) is 0.160. The average Bonchev–Trinajstić information content (AvgIpc) is 3.15. The molecule has 146 valence electrons. The summed E-state index contributed by atoms with van der Waals surface area (Å²) in [6.07, 6.45) is 3.95. The maximum absolute atomic E-state index is 12.0. The first-order chi connectivity index (χ1) is 14.3. The number of aldehydes is 1. The Labute approximate surface area is 171 Å². The fourth-order valence-corrected chi connectivity index (χ4v) is 3.41. The summed E-state index contributed by atoms with van der Waals surface area (Å²) in [5, 5.41) is 1.66. The molecule has 0 aliphatic carbocycles. The summed E-state index contributed by atoms with van der Waals surface area (Å²) >= 11 is 0. The van der Waals surface area contributed by atoms with E-state index in [1.807, 2.05) is 103 Å². The van der Waals surface area contributed by atoms with Crippen LogP contribution >= 0.6 is 0 Å². The van der Waals surface area contributed by atoms with Gasteiger partial charge in [-0.2, -0.15) is 0 Å². The van der Waals surface area contributed by atoms with Crippen molar-refractivity contribution >= 4 is 12.4 Å². The predicted molar refractivity (Wildman–Crippen MR) is 112 cm³/mol. The van der Waals surface area contributed by atoms with Gasteiger partial charge in [-0.15, -0.1) is 5.06 Å². The van der Waals surface area contributed by atoms with Crippen molar-refractivity contribution in [2.45, 2.75) is 25.0 Å². The zero-order chi connectivity index (χ0) is 19.9. The van der Waals surface area contributed by atoms with E-state index in [9.17, 15) is 4.79 Å². The number of ether oxygens (including phenoxy) is 1. The van der Waals surface area contributed by atoms with Gasteiger partial charge in [0, 0.05) is 0 Å². The third kappa shape index (κ3) is 4.69. The molecule has 0 bridgehead atoms. The second kappa shape index (κ2) is 9.43. The van der Waals surface area contributed by atoms with Gasteiger partial charge in [0.05, 0.1) is 6.61 Å². The molecule has 3 atom stereocenters. The van der Waals surface area contributed by atoms with Gasteiger partial charge >= 0.3 is 0 Å². The Bertz CT molecular complexity index is 928. The summed E-state index contributed by atoms with van der Waals surface area (Å²) < 4.78 is 6.26. The summed E-state index contributed by atoms with van der Waals surface area (Å²) in [5.41, 5.74) is 3.05. The van der Waals surface area contributed by atoms with E-state index < -0.39 is 18.4 Å². The Hall–Kier alpha value is -3.05. The molecule has 29 heavy (non-hydrogen) atoms. The quantitative estimate of drug-likeness (QED) is 0.548. The van der Waals surface area contributed by atoms with Crippen LogP contribution in [0.4, 0.5) is 0 Å². The first-order valence-corrected chi connectivity index (χ1v) is 9.69. The van der Waals surface area contributed by atoms with Crippen LogP contribution in [0.1, 0.15) is 22.8 Å². The van der Waals surface area contributed by atoms with E-state index in [4.69, 9.17) is 9.57 Å². The molecule has 1 fully saturated rings. The van der Waals surface area contributed by atoms with Crippen molar-refractivity contribution in [2.24, 2.45) is 0 Å². The molecule has 4 nitrogen and oxygen atoms in total. The summed E-state index contributed by atoms with van der Waals surface area (Å²) in [4.78, 5) is 18.1. The lowest BCUT2D eigenvalue weighted by molar-refractivity contribution is -0.211. The third-order valence-electron chi connectivity index (χ3n) is 4.88. The molecule has 0 N–H and O–H groups in total. The van der Waals surface area contributed by atoms with Crippen LogP contribution in [0.15, 0.2) is 97.1 Å². The second-order valence-electron chi connectivity index (χ2n) is 6.87. The number of nitrogens with zero attached hydrogens (tertiary/aromatic N) is 1. The molecule has 0 aromatic heterocycles. The van der Waals surface area contributed by atoms with Crippen LogP contribution in [-0.4, -0.2) is 23.6 Å². The SMILES string of the molecule is O=CC1C(c2ccccc2)OC(C=Cc2ccccc2)N1OCc1ccccc1. The highest BCUT2D eigenvalue weighted by molar-refractivity contribution is 5.60. The Morgan fingerprint density at radius 2 is 1.48 bits per heavy atom. The molecule has 0 spiro atoms. The average molecular weight is 385 g/mol. The van der Waals surface area contributed by atoms with E-state index >= 15 is 0 Å². The number of carbonyl (C=O) groups excluding carboxylic acids is 1. The Balaban J connectivity index is 1.58. The zero-order valence-electron chi connectivity index (χ0n) is 16.0. The molecule has 1 saturated heterocycles. The maximum atomic E-state index is 12.0. The number of benzene rings is 3. The van der Waals surface area contributed by atoms with E-state index in [0.29, 0.717) is 6.61 Å². The molecule has 4 heteroatoms. The lowest BCUT2D eigenvalue weighted by Crippen LogP contribution is -2.37. The van der Waals surface area contributed by atoms with Gasteiger partial charge in [-0.3, -0.25) is 4.84 Å². The number of hydroxylamine groups is 2. The van der Waals surface area contributed by atoms with Crippen molar-refractivity contribution in [3.63, 3.8) is 0 Å². The molecule has 3 aromatic rings. The van der Waals surface area contributed by atoms with E-state index in [1.54, 1.807) is 5.06 Å². The first-order valence-electron chi connectivity index (χ1n) is 9.69. The van der Waals surface area contributed by atoms with Crippen molar-refractivity contribution in [2.75, 3.05) is 0 Å². The van der Waals surface area contributed by atoms with Crippen molar-refractivity contribution in [1.82, 2.24) is 5.06 Å². The Morgan fingerprint density at radius 1 is 0.862 bits per heavy atom. The van der Waals surface area contributed by atoms with Gasteiger partial charge in [-0.05, 0) is 22.8 Å². The van der Waals surface area contributed by atoms with Gasteiger partial charge in [0.1, 0.15) is 18.4 Å². The highest BCUT2D eigenvalue weighted by Gasteiger charge is 2.43. The van der Waals surface area contributed by atoms with Crippen LogP contribution < -0.4 is 0 Å². The van der Waals surface area contributed by atoms with E-state index in [1.165, 1.54) is 0 Å². The molecule has 1 aliphatic heterocycles. The minimum Gasteiger partial charge on any atom is -0.347 e.